The van der Waals surface area contributed by atoms with Crippen LogP contribution in [0.1, 0.15) is 53.9 Å². The quantitative estimate of drug-likeness (QED) is 0.333. The monoisotopic (exact) mass is 424 g/mol. The van der Waals surface area contributed by atoms with Crippen molar-refractivity contribution in [2.24, 2.45) is 23.7 Å². The maximum atomic E-state index is 12.3. The van der Waals surface area contributed by atoms with E-state index in [4.69, 9.17) is 23.7 Å². The Labute approximate surface area is 177 Å². The molecular weight excluding hydrogens is 392 g/mol. The first-order valence-corrected chi connectivity index (χ1v) is 10.6. The van der Waals surface area contributed by atoms with Crippen molar-refractivity contribution in [1.29, 1.82) is 0 Å². The van der Waals surface area contributed by atoms with Gasteiger partial charge in [0.25, 0.3) is 0 Å². The topological polar surface area (TPSA) is 101 Å². The first kappa shape index (κ1) is 22.6. The van der Waals surface area contributed by atoms with Gasteiger partial charge in [0, 0.05) is 31.3 Å². The van der Waals surface area contributed by atoms with Crippen LogP contribution in [-0.2, 0) is 38.1 Å². The van der Waals surface area contributed by atoms with Crippen molar-refractivity contribution in [3.8, 4) is 0 Å². The Morgan fingerprint density at radius 2 is 1.73 bits per heavy atom. The van der Waals surface area contributed by atoms with E-state index in [1.54, 1.807) is 0 Å². The molecular formula is C22H32O8. The second kappa shape index (κ2) is 8.96. The van der Waals surface area contributed by atoms with Crippen LogP contribution in [-0.4, -0.2) is 49.1 Å². The van der Waals surface area contributed by atoms with Gasteiger partial charge < -0.3 is 23.7 Å². The van der Waals surface area contributed by atoms with Crippen LogP contribution < -0.4 is 0 Å². The van der Waals surface area contributed by atoms with Gasteiger partial charge in [-0.15, -0.1) is 0 Å². The molecule has 1 saturated heterocycles. The number of carbonyl (C=O) groups excluding carboxylic acids is 3. The van der Waals surface area contributed by atoms with Gasteiger partial charge in [0.1, 0.15) is 18.3 Å². The SMILES string of the molecule is CC(=O)OC1C[C@@H]2C(COC(=O)CC(C)C)=COC(OC(=O)CC(C)C)[C@@H]2[C@@]12CO2. The minimum Gasteiger partial charge on any atom is -0.462 e. The number of hydrogen-bond donors (Lipinski definition) is 0. The van der Waals surface area contributed by atoms with Gasteiger partial charge in [-0.05, 0) is 18.3 Å². The third-order valence-corrected chi connectivity index (χ3v) is 5.72. The van der Waals surface area contributed by atoms with Gasteiger partial charge >= 0.3 is 17.9 Å². The lowest BCUT2D eigenvalue weighted by atomic mass is 9.83. The third-order valence-electron chi connectivity index (χ3n) is 5.72. The average Bonchev–Trinajstić information content (AvgIpc) is 3.33. The molecule has 1 spiro atoms. The lowest BCUT2D eigenvalue weighted by Gasteiger charge is -2.35. The summed E-state index contributed by atoms with van der Waals surface area (Å²) in [5, 5.41) is 0. The van der Waals surface area contributed by atoms with Crippen molar-refractivity contribution in [3.63, 3.8) is 0 Å². The van der Waals surface area contributed by atoms with Crippen molar-refractivity contribution >= 4 is 17.9 Å². The molecule has 5 atom stereocenters. The van der Waals surface area contributed by atoms with Crippen LogP contribution in [0.4, 0.5) is 0 Å². The molecule has 2 aliphatic heterocycles. The van der Waals surface area contributed by atoms with Crippen molar-refractivity contribution in [2.45, 2.75) is 71.9 Å². The molecule has 1 saturated carbocycles. The number of fused-ring (bicyclic) bond motifs is 2. The van der Waals surface area contributed by atoms with E-state index in [1.165, 1.54) is 13.2 Å². The van der Waals surface area contributed by atoms with Gasteiger partial charge in [0.05, 0.1) is 18.8 Å². The average molecular weight is 424 g/mol. The second-order valence-corrected chi connectivity index (χ2v) is 9.25. The van der Waals surface area contributed by atoms with Crippen LogP contribution in [0.15, 0.2) is 11.8 Å². The van der Waals surface area contributed by atoms with Crippen molar-refractivity contribution in [1.82, 2.24) is 0 Å². The molecule has 30 heavy (non-hydrogen) atoms. The maximum Gasteiger partial charge on any atom is 0.309 e. The standard InChI is InChI=1S/C22H32O8/c1-12(2)6-18(24)26-9-15-10-27-21(30-19(25)7-13(3)4)20-16(15)8-17(29-14(5)23)22(20)11-28-22/h10,12-13,16-17,20-21H,6-9,11H2,1-5H3/t16-,17?,20-,21?,22-/m1/s1. The van der Waals surface area contributed by atoms with Crippen LogP contribution in [0.2, 0.25) is 0 Å². The van der Waals surface area contributed by atoms with E-state index in [0.29, 0.717) is 19.4 Å². The summed E-state index contributed by atoms with van der Waals surface area (Å²) in [6.45, 7) is 9.62. The van der Waals surface area contributed by atoms with Crippen LogP contribution in [0, 0.1) is 23.7 Å². The van der Waals surface area contributed by atoms with Crippen LogP contribution in [0.5, 0.6) is 0 Å². The minimum absolute atomic E-state index is 0.0856. The molecule has 0 bridgehead atoms. The van der Waals surface area contributed by atoms with Gasteiger partial charge in [-0.3, -0.25) is 14.4 Å². The maximum absolute atomic E-state index is 12.3. The molecule has 8 nitrogen and oxygen atoms in total. The molecule has 2 fully saturated rings. The summed E-state index contributed by atoms with van der Waals surface area (Å²) < 4.78 is 28.2. The van der Waals surface area contributed by atoms with Crippen molar-refractivity contribution < 1.29 is 38.1 Å². The highest BCUT2D eigenvalue weighted by molar-refractivity contribution is 5.70. The number of rotatable bonds is 8. The Bertz CT molecular complexity index is 706. The molecule has 2 unspecified atom stereocenters. The minimum atomic E-state index is -0.834. The summed E-state index contributed by atoms with van der Waals surface area (Å²) >= 11 is 0. The zero-order valence-electron chi connectivity index (χ0n) is 18.3. The molecule has 0 N–H and O–H groups in total. The molecule has 0 aromatic rings. The third kappa shape index (κ3) is 4.96. The zero-order valence-corrected chi connectivity index (χ0v) is 18.3. The molecule has 3 rings (SSSR count). The molecule has 2 heterocycles. The predicted octanol–water partition coefficient (Wildman–Crippen LogP) is 2.74. The fourth-order valence-corrected chi connectivity index (χ4v) is 4.38. The number of esters is 3. The Morgan fingerprint density at radius 1 is 1.10 bits per heavy atom. The van der Waals surface area contributed by atoms with Gasteiger partial charge in [-0.1, -0.05) is 27.7 Å². The number of carbonyl (C=O) groups is 3. The summed E-state index contributed by atoms with van der Waals surface area (Å²) in [6, 6.07) is 0. The largest absolute Gasteiger partial charge is 0.462 e. The van der Waals surface area contributed by atoms with Crippen LogP contribution in [0.25, 0.3) is 0 Å². The normalized spacial score (nSPS) is 31.8. The van der Waals surface area contributed by atoms with Crippen molar-refractivity contribution in [2.75, 3.05) is 13.2 Å². The smallest absolute Gasteiger partial charge is 0.309 e. The highest BCUT2D eigenvalue weighted by Gasteiger charge is 2.70. The number of epoxide rings is 1. The number of ether oxygens (including phenoxy) is 5. The first-order chi connectivity index (χ1) is 14.1. The first-order valence-electron chi connectivity index (χ1n) is 10.6. The van der Waals surface area contributed by atoms with Crippen molar-refractivity contribution in [3.05, 3.63) is 11.8 Å². The lowest BCUT2D eigenvalue weighted by molar-refractivity contribution is -0.192. The molecule has 1 aliphatic carbocycles. The zero-order chi connectivity index (χ0) is 22.1. The second-order valence-electron chi connectivity index (χ2n) is 9.25. The van der Waals surface area contributed by atoms with Crippen LogP contribution >= 0.6 is 0 Å². The Hall–Kier alpha value is -2.09. The Morgan fingerprint density at radius 3 is 2.30 bits per heavy atom. The van der Waals surface area contributed by atoms with E-state index in [0.717, 1.165) is 5.57 Å². The summed E-state index contributed by atoms with van der Waals surface area (Å²) in [5.41, 5.74) is 0.0402. The molecule has 0 amide bonds. The Balaban J connectivity index is 1.77. The van der Waals surface area contributed by atoms with E-state index in [9.17, 15) is 14.4 Å². The Kier molecular flexibility index (Phi) is 6.75. The van der Waals surface area contributed by atoms with Gasteiger partial charge in [-0.2, -0.15) is 0 Å². The molecule has 168 valence electrons. The fraction of sp³-hybridized carbons (Fsp3) is 0.773. The van der Waals surface area contributed by atoms with E-state index >= 15 is 0 Å². The van der Waals surface area contributed by atoms with E-state index in [-0.39, 0.29) is 48.6 Å². The summed E-state index contributed by atoms with van der Waals surface area (Å²) in [6.07, 6.45) is 1.33. The summed E-state index contributed by atoms with van der Waals surface area (Å²) in [4.78, 5) is 35.9. The molecule has 8 heteroatoms. The molecule has 0 aromatic heterocycles. The van der Waals surface area contributed by atoms with E-state index in [2.05, 4.69) is 0 Å². The molecule has 3 aliphatic rings. The van der Waals surface area contributed by atoms with E-state index in [1.807, 2.05) is 27.7 Å². The fourth-order valence-electron chi connectivity index (χ4n) is 4.38. The van der Waals surface area contributed by atoms with E-state index < -0.39 is 24.0 Å². The molecule has 0 radical (unpaired) electrons. The highest BCUT2D eigenvalue weighted by atomic mass is 16.7. The molecule has 0 aromatic carbocycles. The highest BCUT2D eigenvalue weighted by Crippen LogP contribution is 2.57. The van der Waals surface area contributed by atoms with Gasteiger partial charge in [0.2, 0.25) is 6.29 Å². The van der Waals surface area contributed by atoms with Crippen LogP contribution in [0.3, 0.4) is 0 Å². The number of hydrogen-bond acceptors (Lipinski definition) is 8. The van der Waals surface area contributed by atoms with Gasteiger partial charge in [-0.25, -0.2) is 0 Å². The van der Waals surface area contributed by atoms with Gasteiger partial charge in [0.15, 0.2) is 0 Å². The summed E-state index contributed by atoms with van der Waals surface area (Å²) in [7, 11) is 0. The lowest BCUT2D eigenvalue weighted by Crippen LogP contribution is -2.45. The predicted molar refractivity (Wildman–Crippen MR) is 105 cm³/mol. The summed E-state index contributed by atoms with van der Waals surface area (Å²) in [5.74, 6) is -1.13.